The van der Waals surface area contributed by atoms with Gasteiger partial charge in [0.2, 0.25) is 5.88 Å². The molecule has 0 aromatic carbocycles. The second kappa shape index (κ2) is 3.25. The fraction of sp³-hybridized carbons (Fsp3) is 0.167. The van der Waals surface area contributed by atoms with E-state index in [0.717, 1.165) is 0 Å². The summed E-state index contributed by atoms with van der Waals surface area (Å²) in [6.45, 7) is 4.04. The lowest BCUT2D eigenvalue weighted by molar-refractivity contribution is 0.353. The van der Waals surface area contributed by atoms with E-state index >= 15 is 0 Å². The highest BCUT2D eigenvalue weighted by Gasteiger charge is 1.89. The van der Waals surface area contributed by atoms with Gasteiger partial charge in [-0.15, -0.1) is 0 Å². The third kappa shape index (κ3) is 1.85. The van der Waals surface area contributed by atoms with E-state index in [1.807, 2.05) is 11.4 Å². The van der Waals surface area contributed by atoms with E-state index in [0.29, 0.717) is 12.5 Å². The maximum atomic E-state index is 5.08. The molecular formula is C6H7NOS. The van der Waals surface area contributed by atoms with Gasteiger partial charge in [-0.1, -0.05) is 12.7 Å². The largest absolute Gasteiger partial charge is 0.473 e. The second-order valence-corrected chi connectivity index (χ2v) is 2.10. The average molecular weight is 141 g/mol. The molecular weight excluding hydrogens is 134 g/mol. The van der Waals surface area contributed by atoms with Gasteiger partial charge >= 0.3 is 0 Å². The van der Waals surface area contributed by atoms with E-state index in [2.05, 4.69) is 11.0 Å². The summed E-state index contributed by atoms with van der Waals surface area (Å²) in [5.74, 6) is 0.680. The fourth-order valence-corrected chi connectivity index (χ4v) is 0.876. The van der Waals surface area contributed by atoms with Crippen molar-refractivity contribution in [2.45, 2.75) is 0 Å². The van der Waals surface area contributed by atoms with Crippen LogP contribution in [-0.4, -0.2) is 11.0 Å². The standard InChI is InChI=1S/C6H7NOS/c1-2-4-8-6-3-5-9-7-6/h2-3,5H,1,4H2. The molecule has 0 saturated heterocycles. The Kier molecular flexibility index (Phi) is 2.27. The van der Waals surface area contributed by atoms with Gasteiger partial charge in [0.25, 0.3) is 0 Å². The minimum Gasteiger partial charge on any atom is -0.473 e. The monoisotopic (exact) mass is 141 g/mol. The highest BCUT2D eigenvalue weighted by molar-refractivity contribution is 7.03. The van der Waals surface area contributed by atoms with E-state index in [-0.39, 0.29) is 0 Å². The molecule has 0 amide bonds. The molecule has 1 aromatic heterocycles. The van der Waals surface area contributed by atoms with E-state index < -0.39 is 0 Å². The molecule has 0 aliphatic heterocycles. The SMILES string of the molecule is C=CCOc1ccsn1. The molecule has 1 heterocycles. The molecule has 0 unspecified atom stereocenters. The molecule has 9 heavy (non-hydrogen) atoms. The van der Waals surface area contributed by atoms with Crippen molar-refractivity contribution in [3.05, 3.63) is 24.1 Å². The molecule has 48 valence electrons. The molecule has 0 saturated carbocycles. The van der Waals surface area contributed by atoms with Crippen LogP contribution in [0, 0.1) is 0 Å². The Morgan fingerprint density at radius 1 is 1.89 bits per heavy atom. The normalized spacial score (nSPS) is 8.89. The summed E-state index contributed by atoms with van der Waals surface area (Å²) < 4.78 is 9.00. The molecule has 0 aliphatic carbocycles. The van der Waals surface area contributed by atoms with Crippen molar-refractivity contribution in [3.8, 4) is 5.88 Å². The minimum atomic E-state index is 0.531. The molecule has 1 rings (SSSR count). The van der Waals surface area contributed by atoms with E-state index in [1.54, 1.807) is 6.08 Å². The predicted molar refractivity (Wildman–Crippen MR) is 37.8 cm³/mol. The molecule has 0 aliphatic rings. The van der Waals surface area contributed by atoms with Crippen molar-refractivity contribution in [1.82, 2.24) is 4.37 Å². The molecule has 0 fully saturated rings. The van der Waals surface area contributed by atoms with Gasteiger partial charge in [-0.25, -0.2) is 0 Å². The first-order chi connectivity index (χ1) is 4.43. The first kappa shape index (κ1) is 6.29. The summed E-state index contributed by atoms with van der Waals surface area (Å²) in [7, 11) is 0. The zero-order chi connectivity index (χ0) is 6.53. The van der Waals surface area contributed by atoms with Crippen LogP contribution < -0.4 is 4.74 Å². The number of hydrogen-bond acceptors (Lipinski definition) is 3. The quantitative estimate of drug-likeness (QED) is 0.598. The number of hydrogen-bond donors (Lipinski definition) is 0. The van der Waals surface area contributed by atoms with Crippen molar-refractivity contribution in [2.75, 3.05) is 6.61 Å². The summed E-state index contributed by atoms with van der Waals surface area (Å²) >= 11 is 1.38. The highest BCUT2D eigenvalue weighted by atomic mass is 32.1. The van der Waals surface area contributed by atoms with Crippen LogP contribution in [-0.2, 0) is 0 Å². The minimum absolute atomic E-state index is 0.531. The lowest BCUT2D eigenvalue weighted by Crippen LogP contribution is -1.91. The van der Waals surface area contributed by atoms with E-state index in [1.165, 1.54) is 11.5 Å². The summed E-state index contributed by atoms with van der Waals surface area (Å²) in [5, 5.41) is 1.87. The number of rotatable bonds is 3. The molecule has 1 aromatic rings. The second-order valence-electron chi connectivity index (χ2n) is 1.44. The first-order valence-electron chi connectivity index (χ1n) is 2.57. The zero-order valence-electron chi connectivity index (χ0n) is 4.91. The van der Waals surface area contributed by atoms with Crippen LogP contribution in [0.25, 0.3) is 0 Å². The van der Waals surface area contributed by atoms with E-state index in [4.69, 9.17) is 4.74 Å². The third-order valence-electron chi connectivity index (χ3n) is 0.763. The lowest BCUT2D eigenvalue weighted by Gasteiger charge is -1.93. The van der Waals surface area contributed by atoms with Crippen LogP contribution in [0.2, 0.25) is 0 Å². The van der Waals surface area contributed by atoms with Crippen LogP contribution in [0.5, 0.6) is 5.88 Å². The van der Waals surface area contributed by atoms with Gasteiger partial charge in [0, 0.05) is 11.4 Å². The van der Waals surface area contributed by atoms with Gasteiger partial charge in [0.05, 0.1) is 0 Å². The number of ether oxygens (including phenoxy) is 1. The maximum absolute atomic E-state index is 5.08. The maximum Gasteiger partial charge on any atom is 0.225 e. The van der Waals surface area contributed by atoms with Crippen LogP contribution in [0.3, 0.4) is 0 Å². The Morgan fingerprint density at radius 2 is 2.78 bits per heavy atom. The molecule has 0 N–H and O–H groups in total. The topological polar surface area (TPSA) is 22.1 Å². The van der Waals surface area contributed by atoms with Crippen molar-refractivity contribution < 1.29 is 4.74 Å². The zero-order valence-corrected chi connectivity index (χ0v) is 5.73. The molecule has 3 heteroatoms. The number of nitrogens with zero attached hydrogens (tertiary/aromatic N) is 1. The highest BCUT2D eigenvalue weighted by Crippen LogP contribution is 2.07. The van der Waals surface area contributed by atoms with Crippen molar-refractivity contribution in [2.24, 2.45) is 0 Å². The van der Waals surface area contributed by atoms with Crippen molar-refractivity contribution in [1.29, 1.82) is 0 Å². The Labute approximate surface area is 58.0 Å². The van der Waals surface area contributed by atoms with Crippen LogP contribution in [0.1, 0.15) is 0 Å². The first-order valence-corrected chi connectivity index (χ1v) is 3.41. The van der Waals surface area contributed by atoms with Gasteiger partial charge in [-0.2, -0.15) is 4.37 Å². The molecule has 0 bridgehead atoms. The summed E-state index contributed by atoms with van der Waals surface area (Å²) in [6, 6.07) is 1.83. The van der Waals surface area contributed by atoms with Crippen LogP contribution in [0.4, 0.5) is 0 Å². The predicted octanol–water partition coefficient (Wildman–Crippen LogP) is 1.71. The number of aromatic nitrogens is 1. The third-order valence-corrected chi connectivity index (χ3v) is 1.31. The van der Waals surface area contributed by atoms with Crippen molar-refractivity contribution in [3.63, 3.8) is 0 Å². The van der Waals surface area contributed by atoms with Crippen LogP contribution >= 0.6 is 11.5 Å². The van der Waals surface area contributed by atoms with Crippen molar-refractivity contribution >= 4 is 11.5 Å². The molecule has 0 radical (unpaired) electrons. The van der Waals surface area contributed by atoms with Gasteiger partial charge in [-0.3, -0.25) is 0 Å². The van der Waals surface area contributed by atoms with Crippen LogP contribution in [0.15, 0.2) is 24.1 Å². The smallest absolute Gasteiger partial charge is 0.225 e. The molecule has 0 spiro atoms. The summed E-state index contributed by atoms with van der Waals surface area (Å²) in [4.78, 5) is 0. The lowest BCUT2D eigenvalue weighted by atomic mass is 10.7. The Morgan fingerprint density at radius 3 is 3.33 bits per heavy atom. The molecule has 2 nitrogen and oxygen atoms in total. The average Bonchev–Trinajstić information content (AvgIpc) is 2.34. The van der Waals surface area contributed by atoms with Gasteiger partial charge < -0.3 is 4.74 Å². The fourth-order valence-electron chi connectivity index (χ4n) is 0.420. The van der Waals surface area contributed by atoms with Gasteiger partial charge in [0.15, 0.2) is 0 Å². The van der Waals surface area contributed by atoms with E-state index in [9.17, 15) is 0 Å². The van der Waals surface area contributed by atoms with Gasteiger partial charge in [-0.05, 0) is 11.5 Å². The summed E-state index contributed by atoms with van der Waals surface area (Å²) in [6.07, 6.45) is 1.69. The Hall–Kier alpha value is -0.830. The summed E-state index contributed by atoms with van der Waals surface area (Å²) in [5.41, 5.74) is 0. The molecule has 0 atom stereocenters. The Balaban J connectivity index is 2.38. The van der Waals surface area contributed by atoms with Gasteiger partial charge in [0.1, 0.15) is 6.61 Å². The Bertz CT molecular complexity index is 171.